The van der Waals surface area contributed by atoms with Gasteiger partial charge in [0.05, 0.1) is 0 Å². The third-order valence-electron chi connectivity index (χ3n) is 4.74. The SMILES string of the molecule is CC1CCC(CN)(CN(C)Cc2ccc(Br)cc2)CC1. The van der Waals surface area contributed by atoms with E-state index < -0.39 is 0 Å². The number of nitrogens with zero attached hydrogens (tertiary/aromatic N) is 1. The molecule has 0 heterocycles. The third-order valence-corrected chi connectivity index (χ3v) is 5.27. The molecule has 0 saturated heterocycles. The van der Waals surface area contributed by atoms with Gasteiger partial charge in [-0.25, -0.2) is 0 Å². The minimum absolute atomic E-state index is 0.344. The minimum Gasteiger partial charge on any atom is -0.330 e. The first-order valence-electron chi connectivity index (χ1n) is 7.66. The second-order valence-electron chi connectivity index (χ2n) is 6.69. The van der Waals surface area contributed by atoms with Gasteiger partial charge in [-0.1, -0.05) is 47.8 Å². The lowest BCUT2D eigenvalue weighted by Gasteiger charge is -2.41. The second kappa shape index (κ2) is 7.06. The van der Waals surface area contributed by atoms with E-state index in [0.29, 0.717) is 5.41 Å². The van der Waals surface area contributed by atoms with Gasteiger partial charge in [-0.3, -0.25) is 0 Å². The van der Waals surface area contributed by atoms with Crippen molar-refractivity contribution in [1.29, 1.82) is 0 Å². The first-order chi connectivity index (χ1) is 9.53. The van der Waals surface area contributed by atoms with Crippen LogP contribution in [0.5, 0.6) is 0 Å². The van der Waals surface area contributed by atoms with Crippen molar-refractivity contribution < 1.29 is 0 Å². The lowest BCUT2D eigenvalue weighted by atomic mass is 9.70. The van der Waals surface area contributed by atoms with Gasteiger partial charge in [-0.05, 0) is 55.5 Å². The zero-order valence-corrected chi connectivity index (χ0v) is 14.3. The first-order valence-corrected chi connectivity index (χ1v) is 8.45. The van der Waals surface area contributed by atoms with Crippen LogP contribution >= 0.6 is 15.9 Å². The summed E-state index contributed by atoms with van der Waals surface area (Å²) in [5.74, 6) is 0.881. The third kappa shape index (κ3) is 4.31. The van der Waals surface area contributed by atoms with Gasteiger partial charge in [0.1, 0.15) is 0 Å². The van der Waals surface area contributed by atoms with E-state index in [0.717, 1.165) is 30.0 Å². The molecule has 0 amide bonds. The second-order valence-corrected chi connectivity index (χ2v) is 7.60. The Labute approximate surface area is 131 Å². The van der Waals surface area contributed by atoms with Gasteiger partial charge in [-0.2, -0.15) is 0 Å². The van der Waals surface area contributed by atoms with Crippen molar-refractivity contribution in [3.05, 3.63) is 34.3 Å². The van der Waals surface area contributed by atoms with Crippen LogP contribution in [0.1, 0.15) is 38.2 Å². The molecule has 1 aromatic carbocycles. The molecule has 2 rings (SSSR count). The maximum atomic E-state index is 6.11. The lowest BCUT2D eigenvalue weighted by molar-refractivity contribution is 0.105. The van der Waals surface area contributed by atoms with E-state index in [4.69, 9.17) is 5.73 Å². The zero-order valence-electron chi connectivity index (χ0n) is 12.7. The predicted molar refractivity (Wildman–Crippen MR) is 89.6 cm³/mol. The smallest absolute Gasteiger partial charge is 0.0230 e. The van der Waals surface area contributed by atoms with Crippen LogP contribution < -0.4 is 5.73 Å². The van der Waals surface area contributed by atoms with Crippen LogP contribution in [0.15, 0.2) is 28.7 Å². The molecule has 1 saturated carbocycles. The average molecular weight is 339 g/mol. The monoisotopic (exact) mass is 338 g/mol. The molecule has 1 aromatic rings. The molecule has 112 valence electrons. The summed E-state index contributed by atoms with van der Waals surface area (Å²) in [4.78, 5) is 2.44. The van der Waals surface area contributed by atoms with Gasteiger partial charge in [0.25, 0.3) is 0 Å². The van der Waals surface area contributed by atoms with Gasteiger partial charge in [0.2, 0.25) is 0 Å². The van der Waals surface area contributed by atoms with Crippen molar-refractivity contribution in [3.63, 3.8) is 0 Å². The van der Waals surface area contributed by atoms with E-state index in [-0.39, 0.29) is 0 Å². The highest BCUT2D eigenvalue weighted by molar-refractivity contribution is 9.10. The predicted octanol–water partition coefficient (Wildman–Crippen LogP) is 4.04. The molecule has 0 unspecified atom stereocenters. The maximum Gasteiger partial charge on any atom is 0.0230 e. The van der Waals surface area contributed by atoms with Crippen molar-refractivity contribution in [2.75, 3.05) is 20.1 Å². The summed E-state index contributed by atoms with van der Waals surface area (Å²) in [6, 6.07) is 8.62. The van der Waals surface area contributed by atoms with Crippen molar-refractivity contribution in [3.8, 4) is 0 Å². The van der Waals surface area contributed by atoms with Gasteiger partial charge in [0, 0.05) is 17.6 Å². The molecule has 1 fully saturated rings. The van der Waals surface area contributed by atoms with Gasteiger partial charge < -0.3 is 10.6 Å². The number of benzene rings is 1. The van der Waals surface area contributed by atoms with Crippen LogP contribution in [0.3, 0.4) is 0 Å². The largest absolute Gasteiger partial charge is 0.330 e. The Morgan fingerprint density at radius 1 is 1.25 bits per heavy atom. The molecule has 0 atom stereocenters. The number of halogens is 1. The van der Waals surface area contributed by atoms with Crippen LogP contribution in [0.2, 0.25) is 0 Å². The molecular weight excluding hydrogens is 312 g/mol. The Balaban J connectivity index is 1.92. The number of nitrogens with two attached hydrogens (primary N) is 1. The van der Waals surface area contributed by atoms with Gasteiger partial charge >= 0.3 is 0 Å². The molecule has 2 N–H and O–H groups in total. The van der Waals surface area contributed by atoms with E-state index in [9.17, 15) is 0 Å². The highest BCUT2D eigenvalue weighted by Crippen LogP contribution is 2.38. The summed E-state index contributed by atoms with van der Waals surface area (Å²) < 4.78 is 1.14. The minimum atomic E-state index is 0.344. The zero-order chi connectivity index (χ0) is 14.6. The Morgan fingerprint density at radius 2 is 1.85 bits per heavy atom. The Bertz CT molecular complexity index is 408. The number of hydrogen-bond acceptors (Lipinski definition) is 2. The van der Waals surface area contributed by atoms with Crippen molar-refractivity contribution in [1.82, 2.24) is 4.90 Å². The molecule has 0 radical (unpaired) electrons. The summed E-state index contributed by atoms with van der Waals surface area (Å²) in [5, 5.41) is 0. The fourth-order valence-electron chi connectivity index (χ4n) is 3.33. The summed E-state index contributed by atoms with van der Waals surface area (Å²) in [5.41, 5.74) is 7.82. The van der Waals surface area contributed by atoms with Crippen LogP contribution in [0.25, 0.3) is 0 Å². The standard InChI is InChI=1S/C17H27BrN2/c1-14-7-9-17(12-19,10-8-14)13-20(2)11-15-3-5-16(18)6-4-15/h3-6,14H,7-13,19H2,1-2H3. The van der Waals surface area contributed by atoms with Gasteiger partial charge in [0.15, 0.2) is 0 Å². The fourth-order valence-corrected chi connectivity index (χ4v) is 3.60. The molecule has 1 aliphatic carbocycles. The molecule has 1 aliphatic rings. The van der Waals surface area contributed by atoms with Crippen LogP contribution in [-0.4, -0.2) is 25.0 Å². The van der Waals surface area contributed by atoms with E-state index in [1.165, 1.54) is 31.2 Å². The molecule has 3 heteroatoms. The Kier molecular flexibility index (Phi) is 5.65. The normalized spacial score (nSPS) is 26.9. The fraction of sp³-hybridized carbons (Fsp3) is 0.647. The summed E-state index contributed by atoms with van der Waals surface area (Å²) in [6.07, 6.45) is 5.25. The molecule has 0 bridgehead atoms. The highest BCUT2D eigenvalue weighted by atomic mass is 79.9. The molecule has 0 aliphatic heterocycles. The molecule has 0 spiro atoms. The lowest BCUT2D eigenvalue weighted by Crippen LogP contribution is -2.43. The summed E-state index contributed by atoms with van der Waals surface area (Å²) in [6.45, 7) is 5.31. The van der Waals surface area contributed by atoms with E-state index in [1.54, 1.807) is 0 Å². The van der Waals surface area contributed by atoms with E-state index >= 15 is 0 Å². The summed E-state index contributed by atoms with van der Waals surface area (Å²) >= 11 is 3.49. The molecule has 20 heavy (non-hydrogen) atoms. The molecule has 2 nitrogen and oxygen atoms in total. The van der Waals surface area contributed by atoms with Crippen LogP contribution in [-0.2, 0) is 6.54 Å². The topological polar surface area (TPSA) is 29.3 Å². The highest BCUT2D eigenvalue weighted by Gasteiger charge is 2.33. The quantitative estimate of drug-likeness (QED) is 0.877. The maximum absolute atomic E-state index is 6.11. The van der Waals surface area contributed by atoms with Crippen LogP contribution in [0, 0.1) is 11.3 Å². The molecule has 0 aromatic heterocycles. The molecular formula is C17H27BrN2. The van der Waals surface area contributed by atoms with Crippen molar-refractivity contribution in [2.45, 2.75) is 39.2 Å². The average Bonchev–Trinajstić information content (AvgIpc) is 2.44. The van der Waals surface area contributed by atoms with E-state index in [1.807, 2.05) is 0 Å². The number of rotatable bonds is 5. The summed E-state index contributed by atoms with van der Waals surface area (Å²) in [7, 11) is 2.22. The Morgan fingerprint density at radius 3 is 2.40 bits per heavy atom. The van der Waals surface area contributed by atoms with Gasteiger partial charge in [-0.15, -0.1) is 0 Å². The van der Waals surface area contributed by atoms with E-state index in [2.05, 4.69) is 59.1 Å². The number of hydrogen-bond donors (Lipinski definition) is 1. The first kappa shape index (κ1) is 16.0. The van der Waals surface area contributed by atoms with Crippen LogP contribution in [0.4, 0.5) is 0 Å². The van der Waals surface area contributed by atoms with Crippen molar-refractivity contribution in [2.24, 2.45) is 17.1 Å². The Hall–Kier alpha value is -0.380. The van der Waals surface area contributed by atoms with Crippen molar-refractivity contribution >= 4 is 15.9 Å².